The molecule has 1 atom stereocenters. The van der Waals surface area contributed by atoms with Gasteiger partial charge < -0.3 is 15.0 Å². The van der Waals surface area contributed by atoms with Gasteiger partial charge >= 0.3 is 0 Å². The van der Waals surface area contributed by atoms with E-state index in [0.29, 0.717) is 6.04 Å². The maximum Gasteiger partial charge on any atom is 0.135 e. The Labute approximate surface area is 117 Å². The van der Waals surface area contributed by atoms with Crippen LogP contribution in [0.25, 0.3) is 0 Å². The van der Waals surface area contributed by atoms with Crippen LogP contribution < -0.4 is 10.1 Å². The molecule has 1 aromatic rings. The molecule has 1 aromatic carbocycles. The molecule has 3 nitrogen and oxygen atoms in total. The lowest BCUT2D eigenvalue weighted by Crippen LogP contribution is -2.30. The van der Waals surface area contributed by atoms with Gasteiger partial charge in [-0.05, 0) is 60.4 Å². The molecule has 0 aliphatic carbocycles. The first kappa shape index (κ1) is 12.3. The van der Waals surface area contributed by atoms with Crippen molar-refractivity contribution < 1.29 is 4.74 Å². The maximum atomic E-state index is 5.99. The Hall–Kier alpha value is -0.740. The summed E-state index contributed by atoms with van der Waals surface area (Å²) >= 11 is 3.61. The minimum Gasteiger partial charge on any atom is -0.491 e. The van der Waals surface area contributed by atoms with Crippen molar-refractivity contribution in [2.45, 2.75) is 25.3 Å². The number of hydrogen-bond acceptors (Lipinski definition) is 3. The molecule has 1 fully saturated rings. The molecular weight excluding hydrogens is 292 g/mol. The van der Waals surface area contributed by atoms with Crippen LogP contribution in [0.5, 0.6) is 5.75 Å². The number of nitrogens with zero attached hydrogens (tertiary/aromatic N) is 1. The Morgan fingerprint density at radius 3 is 3.17 bits per heavy atom. The van der Waals surface area contributed by atoms with E-state index >= 15 is 0 Å². The third kappa shape index (κ3) is 2.36. The molecule has 0 amide bonds. The van der Waals surface area contributed by atoms with Crippen molar-refractivity contribution in [2.75, 3.05) is 32.1 Å². The van der Waals surface area contributed by atoms with Gasteiger partial charge in [-0.15, -0.1) is 0 Å². The smallest absolute Gasteiger partial charge is 0.135 e. The molecule has 0 spiro atoms. The summed E-state index contributed by atoms with van der Waals surface area (Å²) in [5.41, 5.74) is 2.61. The summed E-state index contributed by atoms with van der Waals surface area (Å²) in [4.78, 5) is 2.39. The summed E-state index contributed by atoms with van der Waals surface area (Å²) < 4.78 is 7.06. The van der Waals surface area contributed by atoms with Crippen LogP contribution in [0.3, 0.4) is 0 Å². The van der Waals surface area contributed by atoms with Crippen LogP contribution >= 0.6 is 15.9 Å². The van der Waals surface area contributed by atoms with E-state index in [2.05, 4.69) is 45.3 Å². The number of ether oxygens (including phenoxy) is 1. The van der Waals surface area contributed by atoms with Crippen LogP contribution in [0.2, 0.25) is 0 Å². The number of hydrogen-bond donors (Lipinski definition) is 1. The van der Waals surface area contributed by atoms with Gasteiger partial charge in [-0.25, -0.2) is 0 Å². The zero-order valence-corrected chi connectivity index (χ0v) is 12.3. The molecule has 4 heteroatoms. The van der Waals surface area contributed by atoms with Crippen molar-refractivity contribution in [1.29, 1.82) is 0 Å². The number of nitrogens with one attached hydrogen (secondary N) is 1. The number of likely N-dealkylation sites (tertiary alicyclic amines) is 1. The molecule has 18 heavy (non-hydrogen) atoms. The summed E-state index contributed by atoms with van der Waals surface area (Å²) in [6, 6.07) is 4.88. The monoisotopic (exact) mass is 310 g/mol. The highest BCUT2D eigenvalue weighted by Gasteiger charge is 2.22. The van der Waals surface area contributed by atoms with Crippen molar-refractivity contribution in [3.8, 4) is 5.75 Å². The second kappa shape index (κ2) is 5.10. The Kier molecular flexibility index (Phi) is 3.48. The van der Waals surface area contributed by atoms with E-state index in [0.717, 1.165) is 29.8 Å². The maximum absolute atomic E-state index is 5.99. The minimum atomic E-state index is 0.568. The molecule has 3 rings (SSSR count). The molecular formula is C14H19BrN2O. The summed E-state index contributed by atoms with van der Waals surface area (Å²) in [5, 5.41) is 3.39. The normalized spacial score (nSPS) is 22.9. The topological polar surface area (TPSA) is 24.5 Å². The summed E-state index contributed by atoms with van der Waals surface area (Å²) in [6.45, 7) is 3.02. The average molecular weight is 311 g/mol. The largest absolute Gasteiger partial charge is 0.491 e. The molecule has 2 aliphatic rings. The average Bonchev–Trinajstić information content (AvgIpc) is 2.95. The van der Waals surface area contributed by atoms with Crippen LogP contribution in [0.4, 0.5) is 5.69 Å². The first-order chi connectivity index (χ1) is 8.74. The molecule has 1 N–H and O–H groups in total. The highest BCUT2D eigenvalue weighted by Crippen LogP contribution is 2.34. The van der Waals surface area contributed by atoms with E-state index in [-0.39, 0.29) is 0 Å². The van der Waals surface area contributed by atoms with Crippen molar-refractivity contribution in [3.63, 3.8) is 0 Å². The molecule has 1 saturated heterocycles. The number of benzene rings is 1. The zero-order chi connectivity index (χ0) is 12.5. The Bertz CT molecular complexity index is 450. The molecule has 98 valence electrons. The standard InChI is InChI=1S/C14H19BrN2O/c1-17-6-2-3-11(17)9-18-14-8-13-10(4-5-16-13)7-12(14)15/h7-8,11,16H,2-6,9H2,1H3. The Morgan fingerprint density at radius 2 is 2.39 bits per heavy atom. The van der Waals surface area contributed by atoms with Gasteiger partial charge in [-0.3, -0.25) is 0 Å². The number of halogens is 1. The third-order valence-electron chi connectivity index (χ3n) is 3.97. The van der Waals surface area contributed by atoms with Gasteiger partial charge in [-0.1, -0.05) is 0 Å². The number of anilines is 1. The van der Waals surface area contributed by atoms with Gasteiger partial charge in [0.05, 0.1) is 4.47 Å². The molecule has 2 aliphatic heterocycles. The van der Waals surface area contributed by atoms with Crippen molar-refractivity contribution >= 4 is 21.6 Å². The SMILES string of the molecule is CN1CCCC1COc1cc2c(cc1Br)CCN2. The van der Waals surface area contributed by atoms with Gasteiger partial charge in [0.25, 0.3) is 0 Å². The lowest BCUT2D eigenvalue weighted by atomic mass is 10.1. The lowest BCUT2D eigenvalue weighted by Gasteiger charge is -2.20. The summed E-state index contributed by atoms with van der Waals surface area (Å²) in [6.07, 6.45) is 3.65. The van der Waals surface area contributed by atoms with Crippen LogP contribution in [0.15, 0.2) is 16.6 Å². The Morgan fingerprint density at radius 1 is 1.50 bits per heavy atom. The Balaban J connectivity index is 1.69. The molecule has 2 heterocycles. The molecule has 1 unspecified atom stereocenters. The van der Waals surface area contributed by atoms with E-state index in [1.165, 1.54) is 30.6 Å². The van der Waals surface area contributed by atoms with E-state index in [1.807, 2.05) is 0 Å². The minimum absolute atomic E-state index is 0.568. The first-order valence-electron chi connectivity index (χ1n) is 6.63. The van der Waals surface area contributed by atoms with E-state index in [1.54, 1.807) is 0 Å². The summed E-state index contributed by atoms with van der Waals surface area (Å²) in [5.74, 6) is 0.962. The molecule has 0 radical (unpaired) electrons. The fraction of sp³-hybridized carbons (Fsp3) is 0.571. The molecule has 0 aromatic heterocycles. The van der Waals surface area contributed by atoms with Crippen molar-refractivity contribution in [1.82, 2.24) is 4.90 Å². The van der Waals surface area contributed by atoms with Gasteiger partial charge in [-0.2, -0.15) is 0 Å². The van der Waals surface area contributed by atoms with Crippen molar-refractivity contribution in [2.24, 2.45) is 0 Å². The van der Waals surface area contributed by atoms with Gasteiger partial charge in [0.1, 0.15) is 12.4 Å². The highest BCUT2D eigenvalue weighted by atomic mass is 79.9. The van der Waals surface area contributed by atoms with Crippen LogP contribution in [-0.2, 0) is 6.42 Å². The third-order valence-corrected chi connectivity index (χ3v) is 4.59. The number of likely N-dealkylation sites (N-methyl/N-ethyl adjacent to an activating group) is 1. The fourth-order valence-electron chi connectivity index (χ4n) is 2.78. The molecule has 0 bridgehead atoms. The van der Waals surface area contributed by atoms with Gasteiger partial charge in [0, 0.05) is 24.3 Å². The molecule has 0 saturated carbocycles. The van der Waals surface area contributed by atoms with E-state index in [4.69, 9.17) is 4.74 Å². The first-order valence-corrected chi connectivity index (χ1v) is 7.42. The van der Waals surface area contributed by atoms with Crippen LogP contribution in [0.1, 0.15) is 18.4 Å². The number of fused-ring (bicyclic) bond motifs is 1. The van der Waals surface area contributed by atoms with Gasteiger partial charge in [0.2, 0.25) is 0 Å². The lowest BCUT2D eigenvalue weighted by molar-refractivity contribution is 0.197. The van der Waals surface area contributed by atoms with Gasteiger partial charge in [0.15, 0.2) is 0 Å². The van der Waals surface area contributed by atoms with Crippen molar-refractivity contribution in [3.05, 3.63) is 22.2 Å². The van der Waals surface area contributed by atoms with Crippen LogP contribution in [-0.4, -0.2) is 37.7 Å². The van der Waals surface area contributed by atoms with E-state index in [9.17, 15) is 0 Å². The predicted octanol–water partition coefficient (Wildman–Crippen LogP) is 2.89. The highest BCUT2D eigenvalue weighted by molar-refractivity contribution is 9.10. The summed E-state index contributed by atoms with van der Waals surface area (Å²) in [7, 11) is 2.18. The zero-order valence-electron chi connectivity index (χ0n) is 10.7. The van der Waals surface area contributed by atoms with Crippen LogP contribution in [0, 0.1) is 0 Å². The quantitative estimate of drug-likeness (QED) is 0.929. The second-order valence-corrected chi connectivity index (χ2v) is 6.06. The predicted molar refractivity (Wildman–Crippen MR) is 77.5 cm³/mol. The van der Waals surface area contributed by atoms with E-state index < -0.39 is 0 Å². The fourth-order valence-corrected chi connectivity index (χ4v) is 3.29. The second-order valence-electron chi connectivity index (χ2n) is 5.20. The number of rotatable bonds is 3.